The first-order valence-electron chi connectivity index (χ1n) is 6.55. The summed E-state index contributed by atoms with van der Waals surface area (Å²) < 4.78 is 5.10. The number of carbonyl (C=O) groups is 1. The molecule has 0 radical (unpaired) electrons. The Hall–Kier alpha value is -2.97. The van der Waals surface area contributed by atoms with Crippen molar-refractivity contribution in [2.45, 2.75) is 0 Å². The number of nitrogens with zero attached hydrogens (tertiary/aromatic N) is 1. The lowest BCUT2D eigenvalue weighted by Crippen LogP contribution is -1.96. The van der Waals surface area contributed by atoms with Crippen LogP contribution in [0.1, 0.15) is 15.9 Å². The number of rotatable bonds is 5. The first kappa shape index (κ1) is 16.4. The first-order valence-corrected chi connectivity index (χ1v) is 6.92. The average molecular weight is 330 g/mol. The molecule has 0 aliphatic heterocycles. The first-order chi connectivity index (χ1) is 11.0. The van der Waals surface area contributed by atoms with E-state index in [0.717, 1.165) is 0 Å². The molecule has 0 aromatic heterocycles. The summed E-state index contributed by atoms with van der Waals surface area (Å²) in [7, 11) is 0. The van der Waals surface area contributed by atoms with Crippen molar-refractivity contribution in [1.29, 1.82) is 5.26 Å². The number of hydrogen-bond donors (Lipinski definition) is 2. The molecule has 0 heterocycles. The second-order valence-electron chi connectivity index (χ2n) is 4.54. The lowest BCUT2D eigenvalue weighted by molar-refractivity contribution is 0.104. The van der Waals surface area contributed by atoms with Gasteiger partial charge in [-0.15, -0.1) is 0 Å². The molecule has 5 nitrogen and oxygen atoms in total. The molecule has 0 spiro atoms. The minimum absolute atomic E-state index is 0.00362. The fourth-order valence-corrected chi connectivity index (χ4v) is 2.02. The van der Waals surface area contributed by atoms with Gasteiger partial charge in [0.15, 0.2) is 23.9 Å². The topological polar surface area (TPSA) is 90.5 Å². The van der Waals surface area contributed by atoms with E-state index in [4.69, 9.17) is 21.6 Å². The summed E-state index contributed by atoms with van der Waals surface area (Å²) in [5.41, 5.74) is 0.923. The maximum absolute atomic E-state index is 12.1. The van der Waals surface area contributed by atoms with Crippen LogP contribution in [-0.4, -0.2) is 22.6 Å². The molecule has 0 unspecified atom stereocenters. The zero-order valence-electron chi connectivity index (χ0n) is 11.9. The number of phenols is 2. The van der Waals surface area contributed by atoms with E-state index >= 15 is 0 Å². The molecule has 0 fully saturated rings. The van der Waals surface area contributed by atoms with Gasteiger partial charge in [0.2, 0.25) is 0 Å². The van der Waals surface area contributed by atoms with Crippen LogP contribution in [0.3, 0.4) is 0 Å². The molecule has 2 N–H and O–H groups in total. The molecule has 2 aromatic carbocycles. The van der Waals surface area contributed by atoms with Crippen molar-refractivity contribution >= 4 is 23.5 Å². The van der Waals surface area contributed by atoms with Gasteiger partial charge >= 0.3 is 0 Å². The van der Waals surface area contributed by atoms with E-state index in [1.807, 2.05) is 6.07 Å². The van der Waals surface area contributed by atoms with Crippen molar-refractivity contribution in [1.82, 2.24) is 0 Å². The minimum atomic E-state index is -0.400. The normalized spacial score (nSPS) is 10.4. The Bertz CT molecular complexity index is 768. The van der Waals surface area contributed by atoms with Crippen LogP contribution >= 0.6 is 11.6 Å². The average Bonchev–Trinajstić information content (AvgIpc) is 2.56. The molecule has 0 aliphatic rings. The SMILES string of the molecule is N#CCOc1ccc(C(=O)/C=C/c2cc(O)c(O)c(Cl)c2)cc1. The Kier molecular flexibility index (Phi) is 5.23. The van der Waals surface area contributed by atoms with Crippen LogP contribution in [0, 0.1) is 11.3 Å². The number of ether oxygens (including phenoxy) is 1. The van der Waals surface area contributed by atoms with Gasteiger partial charge in [0.05, 0.1) is 5.02 Å². The smallest absolute Gasteiger partial charge is 0.185 e. The molecular formula is C17H12ClNO4. The minimum Gasteiger partial charge on any atom is -0.504 e. The highest BCUT2D eigenvalue weighted by molar-refractivity contribution is 6.32. The summed E-state index contributed by atoms with van der Waals surface area (Å²) in [5.74, 6) is -0.505. The van der Waals surface area contributed by atoms with Gasteiger partial charge in [-0.3, -0.25) is 4.79 Å². The molecule has 116 valence electrons. The fourth-order valence-electron chi connectivity index (χ4n) is 1.80. The summed E-state index contributed by atoms with van der Waals surface area (Å²) >= 11 is 5.74. The quantitative estimate of drug-likeness (QED) is 0.497. The molecule has 0 saturated carbocycles. The molecule has 0 saturated heterocycles. The highest BCUT2D eigenvalue weighted by atomic mass is 35.5. The fraction of sp³-hybridized carbons (Fsp3) is 0.0588. The van der Waals surface area contributed by atoms with Gasteiger partial charge in [-0.25, -0.2) is 0 Å². The van der Waals surface area contributed by atoms with Crippen LogP contribution in [0.2, 0.25) is 5.02 Å². The largest absolute Gasteiger partial charge is 0.504 e. The van der Waals surface area contributed by atoms with Gasteiger partial charge in [0, 0.05) is 5.56 Å². The van der Waals surface area contributed by atoms with E-state index in [2.05, 4.69) is 0 Å². The summed E-state index contributed by atoms with van der Waals surface area (Å²) in [6.45, 7) is -0.0572. The van der Waals surface area contributed by atoms with Crippen molar-refractivity contribution in [2.24, 2.45) is 0 Å². The Morgan fingerprint density at radius 1 is 1.26 bits per heavy atom. The number of aromatic hydroxyl groups is 2. The van der Waals surface area contributed by atoms with Gasteiger partial charge in [0.25, 0.3) is 0 Å². The van der Waals surface area contributed by atoms with Gasteiger partial charge in [-0.2, -0.15) is 5.26 Å². The maximum atomic E-state index is 12.1. The van der Waals surface area contributed by atoms with Gasteiger partial charge in [-0.05, 0) is 48.0 Å². The van der Waals surface area contributed by atoms with Crippen molar-refractivity contribution in [3.05, 3.63) is 58.6 Å². The van der Waals surface area contributed by atoms with Gasteiger partial charge < -0.3 is 14.9 Å². The van der Waals surface area contributed by atoms with E-state index in [1.54, 1.807) is 24.3 Å². The van der Waals surface area contributed by atoms with E-state index in [-0.39, 0.29) is 23.2 Å². The van der Waals surface area contributed by atoms with Crippen LogP contribution < -0.4 is 4.74 Å². The number of carbonyl (C=O) groups excluding carboxylic acids is 1. The number of phenolic OH excluding ortho intramolecular Hbond substituents is 2. The van der Waals surface area contributed by atoms with Crippen molar-refractivity contribution in [2.75, 3.05) is 6.61 Å². The lowest BCUT2D eigenvalue weighted by atomic mass is 10.1. The Morgan fingerprint density at radius 3 is 2.57 bits per heavy atom. The summed E-state index contributed by atoms with van der Waals surface area (Å²) in [6.07, 6.45) is 2.81. The van der Waals surface area contributed by atoms with Crippen LogP contribution in [0.25, 0.3) is 6.08 Å². The van der Waals surface area contributed by atoms with Crippen molar-refractivity contribution in [3.8, 4) is 23.3 Å². The van der Waals surface area contributed by atoms with Gasteiger partial charge in [-0.1, -0.05) is 17.7 Å². The van der Waals surface area contributed by atoms with Crippen molar-refractivity contribution in [3.63, 3.8) is 0 Å². The van der Waals surface area contributed by atoms with Crippen LogP contribution in [-0.2, 0) is 0 Å². The van der Waals surface area contributed by atoms with Crippen molar-refractivity contribution < 1.29 is 19.7 Å². The molecule has 2 aromatic rings. The Labute approximate surface area is 137 Å². The number of ketones is 1. The second-order valence-corrected chi connectivity index (χ2v) is 4.95. The molecule has 2 rings (SSSR count). The predicted molar refractivity (Wildman–Crippen MR) is 85.7 cm³/mol. The number of nitriles is 1. The number of allylic oxidation sites excluding steroid dienone is 1. The molecule has 6 heteroatoms. The van der Waals surface area contributed by atoms with E-state index in [0.29, 0.717) is 16.9 Å². The lowest BCUT2D eigenvalue weighted by Gasteiger charge is -2.03. The Morgan fingerprint density at radius 2 is 1.96 bits per heavy atom. The molecule has 0 amide bonds. The third kappa shape index (κ3) is 4.25. The number of halogens is 1. The zero-order chi connectivity index (χ0) is 16.8. The highest BCUT2D eigenvalue weighted by Crippen LogP contribution is 2.34. The third-order valence-electron chi connectivity index (χ3n) is 2.93. The zero-order valence-corrected chi connectivity index (χ0v) is 12.6. The van der Waals surface area contributed by atoms with E-state index < -0.39 is 5.75 Å². The highest BCUT2D eigenvalue weighted by Gasteiger charge is 2.07. The molecule has 0 bridgehead atoms. The van der Waals surface area contributed by atoms with Crippen LogP contribution in [0.5, 0.6) is 17.2 Å². The summed E-state index contributed by atoms with van der Waals surface area (Å²) in [6, 6.07) is 10.9. The van der Waals surface area contributed by atoms with Gasteiger partial charge in [0.1, 0.15) is 11.8 Å². The summed E-state index contributed by atoms with van der Waals surface area (Å²) in [4.78, 5) is 12.1. The van der Waals surface area contributed by atoms with E-state index in [9.17, 15) is 15.0 Å². The molecule has 0 aliphatic carbocycles. The predicted octanol–water partition coefficient (Wildman–Crippen LogP) is 3.55. The Balaban J connectivity index is 2.11. The number of benzene rings is 2. The van der Waals surface area contributed by atoms with Crippen LogP contribution in [0.15, 0.2) is 42.5 Å². The number of hydrogen-bond acceptors (Lipinski definition) is 5. The maximum Gasteiger partial charge on any atom is 0.185 e. The standard InChI is InChI=1S/C17H12ClNO4/c18-14-9-11(10-16(21)17(14)22)1-6-15(20)12-2-4-13(5-3-12)23-8-7-19/h1-6,9-10,21-22H,8H2/b6-1+. The third-order valence-corrected chi connectivity index (χ3v) is 3.22. The summed E-state index contributed by atoms with van der Waals surface area (Å²) in [5, 5.41) is 27.3. The van der Waals surface area contributed by atoms with E-state index in [1.165, 1.54) is 24.3 Å². The molecule has 23 heavy (non-hydrogen) atoms. The van der Waals surface area contributed by atoms with Crippen LogP contribution in [0.4, 0.5) is 0 Å². The molecule has 0 atom stereocenters. The molecular weight excluding hydrogens is 318 g/mol. The second kappa shape index (κ2) is 7.34. The monoisotopic (exact) mass is 329 g/mol.